The van der Waals surface area contributed by atoms with Crippen LogP contribution in [0.2, 0.25) is 0 Å². The molecule has 0 atom stereocenters. The number of aryl methyl sites for hydroxylation is 5. The highest BCUT2D eigenvalue weighted by molar-refractivity contribution is 6.08. The van der Waals surface area contributed by atoms with Gasteiger partial charge in [0.05, 0.1) is 17.1 Å². The summed E-state index contributed by atoms with van der Waals surface area (Å²) in [6, 6.07) is 57.5. The van der Waals surface area contributed by atoms with Gasteiger partial charge in [-0.1, -0.05) is 133 Å². The molecule has 6 aromatic carbocycles. The summed E-state index contributed by atoms with van der Waals surface area (Å²) in [5.74, 6) is -1.41. The maximum absolute atomic E-state index is 17.0. The lowest BCUT2D eigenvalue weighted by Gasteiger charge is -2.18. The van der Waals surface area contributed by atoms with E-state index in [1.165, 1.54) is 12.1 Å². The normalized spacial score (nSPS) is 12.2. The zero-order valence-corrected chi connectivity index (χ0v) is 36.8. The van der Waals surface area contributed by atoms with E-state index in [1.807, 2.05) is 152 Å². The monoisotopic (exact) mass is 889 g/mol. The molecule has 68 heavy (non-hydrogen) atoms. The van der Waals surface area contributed by atoms with Crippen molar-refractivity contribution in [1.29, 1.82) is 0 Å². The molecule has 5 nitrogen and oxygen atoms in total. The van der Waals surface area contributed by atoms with Crippen LogP contribution in [0.1, 0.15) is 32.1 Å². The standard InChI is InChI=1S/C61H44F2N4O/c1-39-20-27-50-49-18-11-19-51(60(49)68-61(50)67-39)58-35-52(44-12-5-2-6-13-44)54(38-66-58)59-53(33-48(62)34-55(59)63)47-31-42(23-21-40-25-28-56(64-36-40)45-14-7-3-8-15-45)30-43(32-47)24-22-41-26-29-57(65-37-41)46-16-9-4-10-17-46/h2-20,25-38H,21-24H2,1H3/i1D3. The summed E-state index contributed by atoms with van der Waals surface area (Å²) in [6.07, 6.45) is 8.23. The Kier molecular flexibility index (Phi) is 10.5. The predicted molar refractivity (Wildman–Crippen MR) is 270 cm³/mol. The number of halogens is 2. The molecule has 0 aliphatic rings. The second-order valence-electron chi connectivity index (χ2n) is 17.0. The van der Waals surface area contributed by atoms with E-state index in [-0.39, 0.29) is 17.0 Å². The molecule has 0 saturated heterocycles. The number of rotatable bonds is 12. The minimum atomic E-state index is -2.41. The molecule has 11 rings (SSSR count). The maximum atomic E-state index is 17.0. The van der Waals surface area contributed by atoms with Crippen molar-refractivity contribution in [2.75, 3.05) is 0 Å². The third kappa shape index (κ3) is 8.70. The minimum absolute atomic E-state index is 0.0634. The van der Waals surface area contributed by atoms with E-state index in [9.17, 15) is 0 Å². The van der Waals surface area contributed by atoms with Gasteiger partial charge in [0.1, 0.15) is 17.2 Å². The molecule has 0 N–H and O–H groups in total. The van der Waals surface area contributed by atoms with Crippen LogP contribution in [0.3, 0.4) is 0 Å². The van der Waals surface area contributed by atoms with Crippen LogP contribution in [-0.2, 0) is 25.7 Å². The third-order valence-corrected chi connectivity index (χ3v) is 12.5. The van der Waals surface area contributed by atoms with Crippen LogP contribution >= 0.6 is 0 Å². The number of hydrogen-bond acceptors (Lipinski definition) is 5. The van der Waals surface area contributed by atoms with Crippen molar-refractivity contribution >= 4 is 22.1 Å². The van der Waals surface area contributed by atoms with E-state index in [0.717, 1.165) is 61.8 Å². The van der Waals surface area contributed by atoms with Gasteiger partial charge in [-0.15, -0.1) is 0 Å². The van der Waals surface area contributed by atoms with Gasteiger partial charge in [-0.2, -0.15) is 0 Å². The zero-order valence-electron chi connectivity index (χ0n) is 39.8. The van der Waals surface area contributed by atoms with E-state index in [2.05, 4.69) is 23.2 Å². The van der Waals surface area contributed by atoms with Crippen molar-refractivity contribution in [2.24, 2.45) is 0 Å². The summed E-state index contributed by atoms with van der Waals surface area (Å²) in [4.78, 5) is 18.9. The van der Waals surface area contributed by atoms with Crippen molar-refractivity contribution in [1.82, 2.24) is 19.9 Å². The topological polar surface area (TPSA) is 64.7 Å². The summed E-state index contributed by atoms with van der Waals surface area (Å²) < 4.78 is 62.7. The number of pyridine rings is 4. The smallest absolute Gasteiger partial charge is 0.227 e. The SMILES string of the molecule is [2H]C([2H])([2H])c1ccc2c(n1)oc1c(-c3cc(-c4ccccc4)c(-c4c(F)cc(F)cc4-c4cc(CCc5ccc(-c6ccccc6)nc5)cc(CCc5ccc(-c6ccccc6)nc5)c4)cn3)cccc12. The molecule has 0 unspecified atom stereocenters. The Balaban J connectivity index is 0.997. The first-order chi connectivity index (χ1) is 34.6. The number of fused-ring (bicyclic) bond motifs is 3. The summed E-state index contributed by atoms with van der Waals surface area (Å²) >= 11 is 0. The van der Waals surface area contributed by atoms with Gasteiger partial charge in [0.15, 0.2) is 0 Å². The van der Waals surface area contributed by atoms with Gasteiger partial charge < -0.3 is 4.42 Å². The molecule has 7 heteroatoms. The fraction of sp³-hybridized carbons (Fsp3) is 0.0820. The molecule has 0 fully saturated rings. The second kappa shape index (κ2) is 18.5. The molecule has 5 aromatic heterocycles. The zero-order chi connectivity index (χ0) is 48.5. The van der Waals surface area contributed by atoms with Crippen molar-refractivity contribution < 1.29 is 17.3 Å². The van der Waals surface area contributed by atoms with Crippen LogP contribution < -0.4 is 0 Å². The van der Waals surface area contributed by atoms with E-state index >= 15 is 8.78 Å². The Hall–Kier alpha value is -8.42. The van der Waals surface area contributed by atoms with Gasteiger partial charge in [-0.25, -0.2) is 13.8 Å². The Labute approximate surface area is 397 Å². The Morgan fingerprint density at radius 3 is 1.65 bits per heavy atom. The molecule has 0 radical (unpaired) electrons. The lowest BCUT2D eigenvalue weighted by atomic mass is 9.87. The highest BCUT2D eigenvalue weighted by Crippen LogP contribution is 2.43. The van der Waals surface area contributed by atoms with Crippen LogP contribution in [0.15, 0.2) is 205 Å². The Morgan fingerprint density at radius 1 is 0.441 bits per heavy atom. The van der Waals surface area contributed by atoms with Crippen molar-refractivity contribution in [3.05, 3.63) is 240 Å². The number of hydrogen-bond donors (Lipinski definition) is 0. The number of aromatic nitrogens is 4. The molecule has 0 aliphatic carbocycles. The maximum Gasteiger partial charge on any atom is 0.227 e. The Morgan fingerprint density at radius 2 is 1.04 bits per heavy atom. The molecule has 0 aliphatic heterocycles. The van der Waals surface area contributed by atoms with Gasteiger partial charge in [0.25, 0.3) is 0 Å². The van der Waals surface area contributed by atoms with E-state index in [1.54, 1.807) is 12.3 Å². The van der Waals surface area contributed by atoms with Gasteiger partial charge in [0, 0.05) is 73.1 Å². The quantitative estimate of drug-likeness (QED) is 0.122. The summed E-state index contributed by atoms with van der Waals surface area (Å²) in [6.45, 7) is -2.41. The van der Waals surface area contributed by atoms with E-state index in [4.69, 9.17) is 23.5 Å². The number of benzene rings is 6. The molecule has 0 saturated carbocycles. The first-order valence-electron chi connectivity index (χ1n) is 24.1. The number of furan rings is 1. The van der Waals surface area contributed by atoms with Crippen LogP contribution in [0.25, 0.3) is 89.2 Å². The summed E-state index contributed by atoms with van der Waals surface area (Å²) in [5, 5.41) is 1.42. The number of nitrogens with zero attached hydrogens (tertiary/aromatic N) is 4. The average molecular weight is 890 g/mol. The predicted octanol–water partition coefficient (Wildman–Crippen LogP) is 15.3. The molecule has 328 valence electrons. The van der Waals surface area contributed by atoms with Gasteiger partial charge >= 0.3 is 0 Å². The third-order valence-electron chi connectivity index (χ3n) is 12.5. The number of para-hydroxylation sites is 1. The van der Waals surface area contributed by atoms with Crippen LogP contribution in [0.5, 0.6) is 0 Å². The Bertz CT molecular complexity index is 3590. The average Bonchev–Trinajstić information content (AvgIpc) is 3.79. The van der Waals surface area contributed by atoms with E-state index in [0.29, 0.717) is 70.2 Å². The molecular weight excluding hydrogens is 843 g/mol. The van der Waals surface area contributed by atoms with Crippen LogP contribution in [0.4, 0.5) is 8.78 Å². The molecule has 0 bridgehead atoms. The van der Waals surface area contributed by atoms with Gasteiger partial charge in [-0.05, 0) is 120 Å². The molecule has 5 heterocycles. The lowest BCUT2D eigenvalue weighted by Crippen LogP contribution is -2.00. The fourth-order valence-corrected chi connectivity index (χ4v) is 9.10. The van der Waals surface area contributed by atoms with Crippen LogP contribution in [0, 0.1) is 18.5 Å². The van der Waals surface area contributed by atoms with Crippen LogP contribution in [-0.4, -0.2) is 19.9 Å². The fourth-order valence-electron chi connectivity index (χ4n) is 9.10. The second-order valence-corrected chi connectivity index (χ2v) is 17.0. The minimum Gasteiger partial charge on any atom is -0.437 e. The molecule has 11 aromatic rings. The summed E-state index contributed by atoms with van der Waals surface area (Å²) in [7, 11) is 0. The largest absolute Gasteiger partial charge is 0.437 e. The van der Waals surface area contributed by atoms with Gasteiger partial charge in [0.2, 0.25) is 5.71 Å². The first-order valence-corrected chi connectivity index (χ1v) is 22.6. The lowest BCUT2D eigenvalue weighted by molar-refractivity contribution is 0.586. The van der Waals surface area contributed by atoms with Crippen molar-refractivity contribution in [3.63, 3.8) is 0 Å². The highest BCUT2D eigenvalue weighted by Gasteiger charge is 2.22. The highest BCUT2D eigenvalue weighted by atomic mass is 19.1. The van der Waals surface area contributed by atoms with Crippen molar-refractivity contribution in [3.8, 4) is 67.2 Å². The molecule has 0 spiro atoms. The summed E-state index contributed by atoms with van der Waals surface area (Å²) in [5.41, 5.74) is 13.2. The van der Waals surface area contributed by atoms with E-state index < -0.39 is 18.5 Å². The first kappa shape index (κ1) is 38.8. The molecule has 0 amide bonds. The van der Waals surface area contributed by atoms with Crippen molar-refractivity contribution in [2.45, 2.75) is 32.5 Å². The molecular formula is C61H44F2N4O. The van der Waals surface area contributed by atoms with Gasteiger partial charge in [-0.3, -0.25) is 15.0 Å².